The van der Waals surface area contributed by atoms with Crippen LogP contribution in [0.15, 0.2) is 42.5 Å². The van der Waals surface area contributed by atoms with E-state index in [0.29, 0.717) is 11.5 Å². The first-order valence-corrected chi connectivity index (χ1v) is 9.98. The van der Waals surface area contributed by atoms with Crippen LogP contribution in [0.2, 0.25) is 0 Å². The third-order valence-electron chi connectivity index (χ3n) is 5.21. The first kappa shape index (κ1) is 19.8. The summed E-state index contributed by atoms with van der Waals surface area (Å²) in [6.45, 7) is 0.465. The molecule has 1 saturated carbocycles. The van der Waals surface area contributed by atoms with E-state index in [-0.39, 0.29) is 36.5 Å². The first-order chi connectivity index (χ1) is 14.6. The van der Waals surface area contributed by atoms with Crippen LogP contribution in [0.3, 0.4) is 0 Å². The van der Waals surface area contributed by atoms with Gasteiger partial charge in [-0.05, 0) is 42.7 Å². The third kappa shape index (κ3) is 4.53. The summed E-state index contributed by atoms with van der Waals surface area (Å²) in [5.74, 6) is -0.508. The van der Waals surface area contributed by atoms with Crippen molar-refractivity contribution in [1.29, 1.82) is 0 Å². The lowest BCUT2D eigenvalue weighted by molar-refractivity contribution is -0.136. The molecular formula is C22H23N3O5. The number of anilines is 1. The molecule has 8 nitrogen and oxygen atoms in total. The lowest BCUT2D eigenvalue weighted by Gasteiger charge is -2.14. The molecule has 0 aromatic heterocycles. The van der Waals surface area contributed by atoms with Crippen LogP contribution in [-0.2, 0) is 16.1 Å². The number of carbonyl (C=O) groups is 3. The van der Waals surface area contributed by atoms with Gasteiger partial charge in [-0.15, -0.1) is 0 Å². The molecule has 0 unspecified atom stereocenters. The van der Waals surface area contributed by atoms with Gasteiger partial charge in [0, 0.05) is 12.6 Å². The quantitative estimate of drug-likeness (QED) is 0.658. The second-order valence-electron chi connectivity index (χ2n) is 7.32. The van der Waals surface area contributed by atoms with Gasteiger partial charge in [-0.1, -0.05) is 31.0 Å². The highest BCUT2D eigenvalue weighted by molar-refractivity contribution is 6.40. The molecule has 3 amide bonds. The minimum Gasteiger partial charge on any atom is -0.454 e. The second-order valence-corrected chi connectivity index (χ2v) is 7.32. The summed E-state index contributed by atoms with van der Waals surface area (Å²) in [5, 5.41) is 8.11. The van der Waals surface area contributed by atoms with Crippen LogP contribution in [0, 0.1) is 0 Å². The molecule has 1 heterocycles. The fourth-order valence-electron chi connectivity index (χ4n) is 3.62. The lowest BCUT2D eigenvalue weighted by atomic mass is 10.1. The van der Waals surface area contributed by atoms with E-state index in [0.717, 1.165) is 31.2 Å². The molecule has 0 atom stereocenters. The minimum absolute atomic E-state index is 0.0449. The van der Waals surface area contributed by atoms with Crippen molar-refractivity contribution in [2.24, 2.45) is 0 Å². The number of fused-ring (bicyclic) bond motifs is 1. The molecule has 2 aliphatic rings. The van der Waals surface area contributed by atoms with Gasteiger partial charge >= 0.3 is 11.8 Å². The zero-order valence-electron chi connectivity index (χ0n) is 16.4. The van der Waals surface area contributed by atoms with Crippen LogP contribution in [0.5, 0.6) is 11.5 Å². The summed E-state index contributed by atoms with van der Waals surface area (Å²) >= 11 is 0. The molecule has 0 saturated heterocycles. The Hall–Kier alpha value is -3.55. The van der Waals surface area contributed by atoms with Crippen molar-refractivity contribution in [1.82, 2.24) is 10.6 Å². The van der Waals surface area contributed by atoms with Crippen LogP contribution in [-0.4, -0.2) is 30.6 Å². The number of rotatable bonds is 5. The van der Waals surface area contributed by atoms with E-state index in [2.05, 4.69) is 16.0 Å². The number of benzene rings is 2. The Bertz CT molecular complexity index is 969. The minimum atomic E-state index is -0.780. The number of amides is 3. The number of hydrogen-bond acceptors (Lipinski definition) is 5. The highest BCUT2D eigenvalue weighted by atomic mass is 16.7. The zero-order chi connectivity index (χ0) is 20.9. The van der Waals surface area contributed by atoms with Crippen molar-refractivity contribution < 1.29 is 23.9 Å². The number of ether oxygens (including phenoxy) is 2. The predicted molar refractivity (Wildman–Crippen MR) is 109 cm³/mol. The van der Waals surface area contributed by atoms with Gasteiger partial charge in [-0.2, -0.15) is 0 Å². The van der Waals surface area contributed by atoms with Crippen molar-refractivity contribution in [3.05, 3.63) is 53.6 Å². The number of para-hydroxylation sites is 1. The average molecular weight is 409 g/mol. The number of hydrogen-bond donors (Lipinski definition) is 3. The summed E-state index contributed by atoms with van der Waals surface area (Å²) in [4.78, 5) is 37.1. The second kappa shape index (κ2) is 8.86. The van der Waals surface area contributed by atoms with Crippen molar-refractivity contribution in [3.8, 4) is 11.5 Å². The Morgan fingerprint density at radius 3 is 2.53 bits per heavy atom. The highest BCUT2D eigenvalue weighted by Gasteiger charge is 2.23. The fraction of sp³-hybridized carbons (Fsp3) is 0.318. The smallest absolute Gasteiger partial charge is 0.313 e. The summed E-state index contributed by atoms with van der Waals surface area (Å²) < 4.78 is 10.6. The van der Waals surface area contributed by atoms with E-state index >= 15 is 0 Å². The molecule has 1 aliphatic carbocycles. The summed E-state index contributed by atoms with van der Waals surface area (Å²) in [5.41, 5.74) is 1.41. The zero-order valence-corrected chi connectivity index (χ0v) is 16.4. The summed E-state index contributed by atoms with van der Waals surface area (Å²) in [7, 11) is 0. The maximum Gasteiger partial charge on any atom is 0.313 e. The molecular weight excluding hydrogens is 386 g/mol. The Morgan fingerprint density at radius 2 is 1.70 bits per heavy atom. The van der Waals surface area contributed by atoms with Gasteiger partial charge in [0.2, 0.25) is 6.79 Å². The van der Waals surface area contributed by atoms with Gasteiger partial charge < -0.3 is 25.4 Å². The molecule has 30 heavy (non-hydrogen) atoms. The lowest BCUT2D eigenvalue weighted by Crippen LogP contribution is -2.40. The van der Waals surface area contributed by atoms with Crippen molar-refractivity contribution in [3.63, 3.8) is 0 Å². The van der Waals surface area contributed by atoms with E-state index in [9.17, 15) is 14.4 Å². The van der Waals surface area contributed by atoms with Gasteiger partial charge in [0.1, 0.15) is 0 Å². The van der Waals surface area contributed by atoms with E-state index in [1.54, 1.807) is 30.3 Å². The number of carbonyl (C=O) groups excluding carboxylic acids is 3. The molecule has 1 fully saturated rings. The predicted octanol–water partition coefficient (Wildman–Crippen LogP) is 2.34. The Labute approximate surface area is 173 Å². The molecule has 8 heteroatoms. The van der Waals surface area contributed by atoms with E-state index in [4.69, 9.17) is 9.47 Å². The third-order valence-corrected chi connectivity index (χ3v) is 5.21. The van der Waals surface area contributed by atoms with Crippen LogP contribution >= 0.6 is 0 Å². The summed E-state index contributed by atoms with van der Waals surface area (Å²) in [6.07, 6.45) is 3.88. The molecule has 156 valence electrons. The molecule has 2 aromatic rings. The van der Waals surface area contributed by atoms with Gasteiger partial charge in [0.25, 0.3) is 5.91 Å². The molecule has 0 spiro atoms. The van der Waals surface area contributed by atoms with Crippen molar-refractivity contribution in [2.75, 3.05) is 12.1 Å². The SMILES string of the molecule is O=C(Nc1ccccc1C(=O)NCc1ccc2c(c1)OCO2)C(=O)NC1CCCC1. The van der Waals surface area contributed by atoms with Gasteiger partial charge in [0.15, 0.2) is 11.5 Å². The molecule has 0 bridgehead atoms. The van der Waals surface area contributed by atoms with Gasteiger partial charge in [-0.3, -0.25) is 14.4 Å². The molecule has 2 aromatic carbocycles. The van der Waals surface area contributed by atoms with Crippen LogP contribution in [0.25, 0.3) is 0 Å². The maximum absolute atomic E-state index is 12.7. The van der Waals surface area contributed by atoms with Gasteiger partial charge in [0.05, 0.1) is 11.3 Å². The Balaban J connectivity index is 1.37. The van der Waals surface area contributed by atoms with Crippen molar-refractivity contribution >= 4 is 23.4 Å². The largest absolute Gasteiger partial charge is 0.454 e. The molecule has 0 radical (unpaired) electrons. The Kier molecular flexibility index (Phi) is 5.83. The van der Waals surface area contributed by atoms with Crippen LogP contribution < -0.4 is 25.4 Å². The Morgan fingerprint density at radius 1 is 0.933 bits per heavy atom. The highest BCUT2D eigenvalue weighted by Crippen LogP contribution is 2.32. The van der Waals surface area contributed by atoms with Crippen molar-refractivity contribution in [2.45, 2.75) is 38.3 Å². The van der Waals surface area contributed by atoms with E-state index in [1.807, 2.05) is 12.1 Å². The maximum atomic E-state index is 12.7. The molecule has 4 rings (SSSR count). The topological polar surface area (TPSA) is 106 Å². The van der Waals surface area contributed by atoms with Gasteiger partial charge in [-0.25, -0.2) is 0 Å². The molecule has 3 N–H and O–H groups in total. The fourth-order valence-corrected chi connectivity index (χ4v) is 3.62. The average Bonchev–Trinajstić information content (AvgIpc) is 3.43. The summed E-state index contributed by atoms with van der Waals surface area (Å²) in [6, 6.07) is 12.1. The first-order valence-electron chi connectivity index (χ1n) is 9.98. The standard InChI is InChI=1S/C22H23N3O5/c26-20(23-12-14-9-10-18-19(11-14)30-13-29-18)16-7-3-4-8-17(16)25-22(28)21(27)24-15-5-1-2-6-15/h3-4,7-11,15H,1-2,5-6,12-13H2,(H,23,26)(H,24,27)(H,25,28). The monoisotopic (exact) mass is 409 g/mol. The van der Waals surface area contributed by atoms with Crippen LogP contribution in [0.4, 0.5) is 5.69 Å². The van der Waals surface area contributed by atoms with E-state index < -0.39 is 11.8 Å². The van der Waals surface area contributed by atoms with E-state index in [1.165, 1.54) is 0 Å². The normalized spacial score (nSPS) is 14.9. The number of nitrogens with one attached hydrogen (secondary N) is 3. The van der Waals surface area contributed by atoms with Crippen LogP contribution in [0.1, 0.15) is 41.6 Å². The molecule has 1 aliphatic heterocycles.